The van der Waals surface area contributed by atoms with Crippen molar-refractivity contribution in [2.24, 2.45) is 0 Å². The highest BCUT2D eigenvalue weighted by atomic mass is 32.1. The third kappa shape index (κ3) is 4.73. The molecule has 12 rings (SSSR count). The Bertz CT molecular complexity index is 3500. The number of fused-ring (bicyclic) bond motifs is 13. The molecule has 0 saturated heterocycles. The molecule has 2 heterocycles. The van der Waals surface area contributed by atoms with Gasteiger partial charge in [-0.15, -0.1) is 11.3 Å². The Labute approximate surface area is 320 Å². The van der Waals surface area contributed by atoms with Gasteiger partial charge in [0.15, 0.2) is 0 Å². The van der Waals surface area contributed by atoms with Gasteiger partial charge in [0.1, 0.15) is 11.2 Å². The van der Waals surface area contributed by atoms with Crippen LogP contribution in [0.5, 0.6) is 0 Å². The summed E-state index contributed by atoms with van der Waals surface area (Å²) in [6, 6.07) is 68.6. The number of para-hydroxylation sites is 2. The lowest BCUT2D eigenvalue weighted by Gasteiger charge is -2.25. The molecule has 0 aliphatic carbocycles. The first kappa shape index (κ1) is 30.5. The summed E-state index contributed by atoms with van der Waals surface area (Å²) in [5.41, 5.74) is 7.54. The Balaban J connectivity index is 0.965. The van der Waals surface area contributed by atoms with Crippen LogP contribution in [0.25, 0.3) is 96.3 Å². The van der Waals surface area contributed by atoms with Gasteiger partial charge >= 0.3 is 0 Å². The molecule has 3 heteroatoms. The molecule has 0 aliphatic heterocycles. The Morgan fingerprint density at radius 1 is 0.327 bits per heavy atom. The van der Waals surface area contributed by atoms with Crippen LogP contribution in [-0.4, -0.2) is 0 Å². The van der Waals surface area contributed by atoms with Crippen LogP contribution >= 0.6 is 11.3 Å². The van der Waals surface area contributed by atoms with Crippen molar-refractivity contribution in [2.75, 3.05) is 4.90 Å². The topological polar surface area (TPSA) is 16.4 Å². The van der Waals surface area contributed by atoms with E-state index in [1.54, 1.807) is 0 Å². The van der Waals surface area contributed by atoms with Gasteiger partial charge in [-0.25, -0.2) is 0 Å². The van der Waals surface area contributed by atoms with Gasteiger partial charge in [-0.05, 0) is 109 Å². The minimum atomic E-state index is 0.888. The molecule has 0 spiro atoms. The van der Waals surface area contributed by atoms with E-state index in [9.17, 15) is 0 Å². The fourth-order valence-electron chi connectivity index (χ4n) is 8.79. The van der Waals surface area contributed by atoms with Crippen LogP contribution in [0.4, 0.5) is 17.1 Å². The first-order valence-corrected chi connectivity index (χ1v) is 19.6. The van der Waals surface area contributed by atoms with E-state index >= 15 is 0 Å². The molecule has 0 radical (unpaired) electrons. The molecule has 2 aromatic heterocycles. The van der Waals surface area contributed by atoms with Crippen LogP contribution in [0.3, 0.4) is 0 Å². The third-order valence-electron chi connectivity index (χ3n) is 11.4. The van der Waals surface area contributed by atoms with Crippen LogP contribution in [0.1, 0.15) is 0 Å². The zero-order valence-corrected chi connectivity index (χ0v) is 30.5. The predicted octanol–water partition coefficient (Wildman–Crippen LogP) is 15.7. The summed E-state index contributed by atoms with van der Waals surface area (Å²) < 4.78 is 8.87. The molecule has 0 aliphatic rings. The lowest BCUT2D eigenvalue weighted by molar-refractivity contribution is 0.669. The highest BCUT2D eigenvalue weighted by Gasteiger charge is 2.17. The van der Waals surface area contributed by atoms with Gasteiger partial charge in [-0.2, -0.15) is 0 Å². The zero-order valence-electron chi connectivity index (χ0n) is 29.7. The first-order valence-electron chi connectivity index (χ1n) is 18.7. The average molecular weight is 718 g/mol. The summed E-state index contributed by atoms with van der Waals surface area (Å²) >= 11 is 1.86. The summed E-state index contributed by atoms with van der Waals surface area (Å²) in [6.45, 7) is 0. The second-order valence-corrected chi connectivity index (χ2v) is 15.6. The smallest absolute Gasteiger partial charge is 0.137 e. The van der Waals surface area contributed by atoms with Gasteiger partial charge in [0.2, 0.25) is 0 Å². The number of anilines is 3. The lowest BCUT2D eigenvalue weighted by Crippen LogP contribution is -2.09. The number of nitrogens with zero attached hydrogens (tertiary/aromatic N) is 1. The molecule has 0 saturated carbocycles. The van der Waals surface area contributed by atoms with Gasteiger partial charge in [-0.1, -0.05) is 127 Å². The third-order valence-corrected chi connectivity index (χ3v) is 12.5. The number of benzene rings is 10. The zero-order chi connectivity index (χ0) is 36.0. The van der Waals surface area contributed by atoms with Crippen LogP contribution in [0.15, 0.2) is 192 Å². The van der Waals surface area contributed by atoms with Crippen molar-refractivity contribution >= 4 is 114 Å². The normalized spacial score (nSPS) is 12.0. The van der Waals surface area contributed by atoms with E-state index in [1.807, 2.05) is 23.5 Å². The predicted molar refractivity (Wildman–Crippen MR) is 237 cm³/mol. The SMILES string of the molecule is c1ccc(N(c2ccc3c(c2)oc2ccccc23)c2ccc3c(c2)sc2cc(-c4ccc5c(ccc6ccc7ccc8ccccc8c7c65)c4)ccc23)cc1. The van der Waals surface area contributed by atoms with Crippen LogP contribution in [0, 0.1) is 0 Å². The average Bonchev–Trinajstić information content (AvgIpc) is 3.80. The molecule has 0 N–H and O–H groups in total. The molecule has 0 bridgehead atoms. The maximum Gasteiger partial charge on any atom is 0.137 e. The van der Waals surface area contributed by atoms with Crippen molar-refractivity contribution < 1.29 is 4.42 Å². The van der Waals surface area contributed by atoms with Crippen molar-refractivity contribution in [1.82, 2.24) is 0 Å². The van der Waals surface area contributed by atoms with Crippen LogP contribution < -0.4 is 4.90 Å². The molecule has 256 valence electrons. The Morgan fingerprint density at radius 3 is 1.67 bits per heavy atom. The van der Waals surface area contributed by atoms with Crippen molar-refractivity contribution in [3.8, 4) is 11.1 Å². The second kappa shape index (κ2) is 11.8. The molecule has 0 atom stereocenters. The van der Waals surface area contributed by atoms with E-state index in [4.69, 9.17) is 4.42 Å². The largest absolute Gasteiger partial charge is 0.456 e. The van der Waals surface area contributed by atoms with E-state index in [0.717, 1.165) is 39.0 Å². The van der Waals surface area contributed by atoms with Crippen LogP contribution in [0.2, 0.25) is 0 Å². The number of rotatable bonds is 4. The van der Waals surface area contributed by atoms with Gasteiger partial charge < -0.3 is 9.32 Å². The second-order valence-electron chi connectivity index (χ2n) is 14.5. The standard InChI is InChI=1S/C52H31NOS/c1-2-9-38(10-3-1)53(39-22-26-44-43-12-6-7-13-47(43)54-48(44)30-39)40-23-27-46-45-25-21-36(29-49(45)55-50(46)31-40)35-20-24-42-37(28-35)19-18-34-17-16-33-15-14-32-8-4-5-11-41(32)51(33)52(34)42/h1-31H. The van der Waals surface area contributed by atoms with Gasteiger partial charge in [0.05, 0.1) is 0 Å². The van der Waals surface area contributed by atoms with E-state index in [0.29, 0.717) is 0 Å². The number of thiophene rings is 1. The molecular weight excluding hydrogens is 687 g/mol. The van der Waals surface area contributed by atoms with E-state index in [1.165, 1.54) is 74.4 Å². The number of hydrogen-bond acceptors (Lipinski definition) is 3. The number of furan rings is 1. The Hall–Kier alpha value is -6.94. The quantitative estimate of drug-likeness (QED) is 0.169. The monoisotopic (exact) mass is 717 g/mol. The Kier molecular flexibility index (Phi) is 6.54. The molecule has 0 fully saturated rings. The van der Waals surface area contributed by atoms with Crippen molar-refractivity contribution in [1.29, 1.82) is 0 Å². The van der Waals surface area contributed by atoms with Gasteiger partial charge in [-0.3, -0.25) is 0 Å². The maximum absolute atomic E-state index is 6.32. The van der Waals surface area contributed by atoms with Crippen molar-refractivity contribution in [2.45, 2.75) is 0 Å². The minimum absolute atomic E-state index is 0.888. The summed E-state index contributed by atoms with van der Waals surface area (Å²) in [5, 5.41) is 15.2. The highest BCUT2D eigenvalue weighted by molar-refractivity contribution is 7.25. The fourth-order valence-corrected chi connectivity index (χ4v) is 9.97. The lowest BCUT2D eigenvalue weighted by atomic mass is 9.92. The summed E-state index contributed by atoms with van der Waals surface area (Å²) in [4.78, 5) is 2.33. The summed E-state index contributed by atoms with van der Waals surface area (Å²) in [6.07, 6.45) is 0. The first-order chi connectivity index (χ1) is 27.2. The van der Waals surface area contributed by atoms with E-state index < -0.39 is 0 Å². The summed E-state index contributed by atoms with van der Waals surface area (Å²) in [5.74, 6) is 0. The highest BCUT2D eigenvalue weighted by Crippen LogP contribution is 2.44. The molecule has 2 nitrogen and oxygen atoms in total. The maximum atomic E-state index is 6.32. The van der Waals surface area contributed by atoms with Crippen molar-refractivity contribution in [3.05, 3.63) is 188 Å². The van der Waals surface area contributed by atoms with E-state index in [-0.39, 0.29) is 0 Å². The molecule has 55 heavy (non-hydrogen) atoms. The fraction of sp³-hybridized carbons (Fsp3) is 0. The molecule has 10 aromatic carbocycles. The molecular formula is C52H31NOS. The van der Waals surface area contributed by atoms with Gasteiger partial charge in [0.25, 0.3) is 0 Å². The summed E-state index contributed by atoms with van der Waals surface area (Å²) in [7, 11) is 0. The minimum Gasteiger partial charge on any atom is -0.456 e. The Morgan fingerprint density at radius 2 is 0.873 bits per heavy atom. The van der Waals surface area contributed by atoms with E-state index in [2.05, 4.69) is 181 Å². The van der Waals surface area contributed by atoms with Gasteiger partial charge in [0, 0.05) is 54.1 Å². The molecule has 12 aromatic rings. The van der Waals surface area contributed by atoms with Crippen LogP contribution in [-0.2, 0) is 0 Å². The number of hydrogen-bond donors (Lipinski definition) is 0. The molecule has 0 amide bonds. The van der Waals surface area contributed by atoms with Crippen molar-refractivity contribution in [3.63, 3.8) is 0 Å². The molecule has 0 unspecified atom stereocenters.